The predicted octanol–water partition coefficient (Wildman–Crippen LogP) is 3.95. The molecule has 4 nitrogen and oxygen atoms in total. The van der Waals surface area contributed by atoms with E-state index >= 15 is 0 Å². The fourth-order valence-electron chi connectivity index (χ4n) is 4.13. The summed E-state index contributed by atoms with van der Waals surface area (Å²) < 4.78 is 25.5. The van der Waals surface area contributed by atoms with Crippen molar-refractivity contribution >= 4 is 21.4 Å². The number of anilines is 1. The summed E-state index contributed by atoms with van der Waals surface area (Å²) in [6, 6.07) is 14.6. The van der Waals surface area contributed by atoms with Gasteiger partial charge in [-0.25, -0.2) is 8.42 Å². The van der Waals surface area contributed by atoms with Crippen molar-refractivity contribution in [2.75, 3.05) is 11.4 Å². The summed E-state index contributed by atoms with van der Waals surface area (Å²) in [5, 5.41) is -0.569. The van der Waals surface area contributed by atoms with Crippen LogP contribution in [-0.2, 0) is 15.3 Å². The molecule has 0 N–H and O–H groups in total. The molecule has 2 aliphatic rings. The number of para-hydroxylation sites is 1. The van der Waals surface area contributed by atoms with Crippen molar-refractivity contribution in [2.24, 2.45) is 0 Å². The molecule has 0 bridgehead atoms. The van der Waals surface area contributed by atoms with Crippen LogP contribution < -0.4 is 4.90 Å². The number of fused-ring (bicyclic) bond motifs is 2. The van der Waals surface area contributed by atoms with E-state index in [9.17, 15) is 13.2 Å². The van der Waals surface area contributed by atoms with Gasteiger partial charge in [0.25, 0.3) is 5.91 Å². The molecule has 0 saturated heterocycles. The first-order chi connectivity index (χ1) is 12.4. The molecule has 26 heavy (non-hydrogen) atoms. The number of benzene rings is 2. The van der Waals surface area contributed by atoms with Crippen LogP contribution in [0.25, 0.3) is 0 Å². The zero-order valence-electron chi connectivity index (χ0n) is 15.1. The smallest absolute Gasteiger partial charge is 0.259 e. The van der Waals surface area contributed by atoms with Gasteiger partial charge in [0.2, 0.25) is 0 Å². The number of hydrogen-bond donors (Lipinski definition) is 0. The Morgan fingerprint density at radius 1 is 1.04 bits per heavy atom. The number of sulfone groups is 1. The molecule has 1 heterocycles. The maximum absolute atomic E-state index is 13.4. The van der Waals surface area contributed by atoms with E-state index in [2.05, 4.69) is 6.07 Å². The van der Waals surface area contributed by atoms with Gasteiger partial charge in [-0.05, 0) is 50.5 Å². The largest absolute Gasteiger partial charge is 0.307 e. The molecule has 0 radical (unpaired) electrons. The van der Waals surface area contributed by atoms with Gasteiger partial charge >= 0.3 is 0 Å². The van der Waals surface area contributed by atoms with E-state index in [0.29, 0.717) is 6.54 Å². The van der Waals surface area contributed by atoms with E-state index in [-0.39, 0.29) is 21.8 Å². The Kier molecular flexibility index (Phi) is 3.95. The Hall–Kier alpha value is -2.14. The third-order valence-corrected chi connectivity index (χ3v) is 8.04. The molecule has 0 atom stereocenters. The summed E-state index contributed by atoms with van der Waals surface area (Å²) >= 11 is 0. The fourth-order valence-corrected chi connectivity index (χ4v) is 5.37. The molecule has 136 valence electrons. The Balaban J connectivity index is 1.79. The number of amides is 1. The number of carbonyl (C=O) groups excluding carboxylic acids is 1. The van der Waals surface area contributed by atoms with Gasteiger partial charge in [0.1, 0.15) is 0 Å². The van der Waals surface area contributed by atoms with E-state index in [1.165, 1.54) is 12.0 Å². The third-order valence-electron chi connectivity index (χ3n) is 5.83. The van der Waals surface area contributed by atoms with E-state index in [1.54, 1.807) is 43.0 Å². The van der Waals surface area contributed by atoms with E-state index < -0.39 is 15.1 Å². The molecule has 1 amide bonds. The highest BCUT2D eigenvalue weighted by Crippen LogP contribution is 2.52. The summed E-state index contributed by atoms with van der Waals surface area (Å²) in [7, 11) is -3.53. The highest BCUT2D eigenvalue weighted by atomic mass is 32.2. The van der Waals surface area contributed by atoms with Crippen molar-refractivity contribution < 1.29 is 13.2 Å². The Morgan fingerprint density at radius 2 is 1.69 bits per heavy atom. The standard InChI is InChI=1S/C21H23NO3S/c1-15(2)26(24,25)19-11-6-3-8-16(19)20(23)22-14-21(12-7-13-21)17-9-4-5-10-18(17)22/h3-6,8-11,15H,7,12-14H2,1-2H3. The van der Waals surface area contributed by atoms with E-state index in [4.69, 9.17) is 0 Å². The minimum atomic E-state index is -3.53. The highest BCUT2D eigenvalue weighted by molar-refractivity contribution is 7.92. The molecular weight excluding hydrogens is 346 g/mol. The van der Waals surface area contributed by atoms with Gasteiger partial charge in [0, 0.05) is 17.6 Å². The number of hydrogen-bond acceptors (Lipinski definition) is 3. The molecule has 1 fully saturated rings. The van der Waals surface area contributed by atoms with Gasteiger partial charge in [-0.3, -0.25) is 4.79 Å². The number of rotatable bonds is 3. The second-order valence-corrected chi connectivity index (χ2v) is 10.1. The summed E-state index contributed by atoms with van der Waals surface area (Å²) in [5.74, 6) is -0.221. The highest BCUT2D eigenvalue weighted by Gasteiger charge is 2.48. The maximum Gasteiger partial charge on any atom is 0.259 e. The lowest BCUT2D eigenvalue weighted by molar-refractivity contribution is 0.0976. The minimum absolute atomic E-state index is 0.0537. The number of nitrogens with zero attached hydrogens (tertiary/aromatic N) is 1. The lowest BCUT2D eigenvalue weighted by Crippen LogP contribution is -2.41. The molecular formula is C21H23NO3S. The van der Waals surface area contributed by atoms with Gasteiger partial charge in [-0.1, -0.05) is 36.8 Å². The lowest BCUT2D eigenvalue weighted by atomic mass is 9.66. The SMILES string of the molecule is CC(C)S(=O)(=O)c1ccccc1C(=O)N1CC2(CCC2)c2ccccc21. The monoisotopic (exact) mass is 369 g/mol. The summed E-state index contributed by atoms with van der Waals surface area (Å²) in [6.07, 6.45) is 3.34. The van der Waals surface area contributed by atoms with Crippen LogP contribution >= 0.6 is 0 Å². The summed E-state index contributed by atoms with van der Waals surface area (Å²) in [5.41, 5.74) is 2.48. The zero-order chi connectivity index (χ0) is 18.5. The molecule has 1 aliphatic carbocycles. The molecule has 1 spiro atoms. The molecule has 5 heteroatoms. The first-order valence-corrected chi connectivity index (χ1v) is 10.7. The molecule has 0 unspecified atom stereocenters. The Morgan fingerprint density at radius 3 is 2.35 bits per heavy atom. The molecule has 2 aromatic rings. The van der Waals surface area contributed by atoms with Crippen LogP contribution in [0.4, 0.5) is 5.69 Å². The predicted molar refractivity (Wildman–Crippen MR) is 102 cm³/mol. The average molecular weight is 369 g/mol. The third kappa shape index (κ3) is 2.41. The van der Waals surface area contributed by atoms with Gasteiger partial charge in [-0.2, -0.15) is 0 Å². The molecule has 1 aliphatic heterocycles. The molecule has 1 saturated carbocycles. The van der Waals surface area contributed by atoms with Gasteiger partial charge < -0.3 is 4.90 Å². The lowest BCUT2D eigenvalue weighted by Gasteiger charge is -2.39. The van der Waals surface area contributed by atoms with Crippen molar-refractivity contribution in [3.8, 4) is 0 Å². The molecule has 4 rings (SSSR count). The second kappa shape index (κ2) is 5.95. The van der Waals surface area contributed by atoms with Crippen molar-refractivity contribution in [3.05, 3.63) is 59.7 Å². The van der Waals surface area contributed by atoms with Crippen molar-refractivity contribution in [1.82, 2.24) is 0 Å². The fraction of sp³-hybridized carbons (Fsp3) is 0.381. The van der Waals surface area contributed by atoms with Gasteiger partial charge in [-0.15, -0.1) is 0 Å². The quantitative estimate of drug-likeness (QED) is 0.823. The Bertz CT molecular complexity index is 974. The van der Waals surface area contributed by atoms with E-state index in [0.717, 1.165) is 18.5 Å². The van der Waals surface area contributed by atoms with E-state index in [1.807, 2.05) is 18.2 Å². The van der Waals surface area contributed by atoms with Crippen molar-refractivity contribution in [3.63, 3.8) is 0 Å². The average Bonchev–Trinajstić information content (AvgIpc) is 2.97. The normalized spacial score (nSPS) is 18.0. The van der Waals surface area contributed by atoms with Crippen LogP contribution in [0.2, 0.25) is 0 Å². The first-order valence-electron chi connectivity index (χ1n) is 9.11. The van der Waals surface area contributed by atoms with Gasteiger partial charge in [0.15, 0.2) is 9.84 Å². The van der Waals surface area contributed by atoms with Crippen LogP contribution in [-0.4, -0.2) is 26.1 Å². The number of carbonyl (C=O) groups is 1. The van der Waals surface area contributed by atoms with Crippen LogP contribution in [0.5, 0.6) is 0 Å². The van der Waals surface area contributed by atoms with Crippen molar-refractivity contribution in [2.45, 2.75) is 48.7 Å². The van der Waals surface area contributed by atoms with Crippen LogP contribution in [0.15, 0.2) is 53.4 Å². The summed E-state index contributed by atoms with van der Waals surface area (Å²) in [6.45, 7) is 3.93. The van der Waals surface area contributed by atoms with Crippen LogP contribution in [0.1, 0.15) is 49.0 Å². The van der Waals surface area contributed by atoms with Crippen LogP contribution in [0, 0.1) is 0 Å². The minimum Gasteiger partial charge on any atom is -0.307 e. The maximum atomic E-state index is 13.4. The summed E-state index contributed by atoms with van der Waals surface area (Å²) in [4.78, 5) is 15.3. The Labute approximate surface area is 154 Å². The molecule has 0 aromatic heterocycles. The van der Waals surface area contributed by atoms with Gasteiger partial charge in [0.05, 0.1) is 15.7 Å². The topological polar surface area (TPSA) is 54.5 Å². The first kappa shape index (κ1) is 17.3. The van der Waals surface area contributed by atoms with Crippen molar-refractivity contribution in [1.29, 1.82) is 0 Å². The molecule has 2 aromatic carbocycles. The second-order valence-electron chi connectivity index (χ2n) is 7.63. The van der Waals surface area contributed by atoms with Crippen LogP contribution in [0.3, 0.4) is 0 Å². The zero-order valence-corrected chi connectivity index (χ0v) is 15.9.